The van der Waals surface area contributed by atoms with Gasteiger partial charge in [0, 0.05) is 19.3 Å². The molecule has 160 valence electrons. The molecule has 2 saturated heterocycles. The number of likely N-dealkylation sites (tertiary alicyclic amines) is 1. The van der Waals surface area contributed by atoms with E-state index in [-0.39, 0.29) is 24.0 Å². The van der Waals surface area contributed by atoms with Gasteiger partial charge in [-0.15, -0.1) is 0 Å². The lowest BCUT2D eigenvalue weighted by molar-refractivity contribution is -0.934. The summed E-state index contributed by atoms with van der Waals surface area (Å²) in [5.74, 6) is 0.953. The summed E-state index contributed by atoms with van der Waals surface area (Å²) in [7, 11) is 4.97. The minimum atomic E-state index is 0. The summed E-state index contributed by atoms with van der Waals surface area (Å²) in [6, 6.07) is 0. The SMILES string of the molecule is CC(C)(C)C1CCC2(CC1)CC[N+](C)(CCC[N+]1(C)CCOCC1)CC2.[I-]. The predicted octanol–water partition coefficient (Wildman–Crippen LogP) is 1.32. The summed E-state index contributed by atoms with van der Waals surface area (Å²) in [6.45, 7) is 17.3. The van der Waals surface area contributed by atoms with Crippen LogP contribution in [-0.4, -0.2) is 75.5 Å². The summed E-state index contributed by atoms with van der Waals surface area (Å²) in [5.41, 5.74) is 1.22. The van der Waals surface area contributed by atoms with Crippen molar-refractivity contribution >= 4 is 0 Å². The molecule has 1 aliphatic carbocycles. The summed E-state index contributed by atoms with van der Waals surface area (Å²) in [4.78, 5) is 0. The second-order valence-corrected chi connectivity index (χ2v) is 11.7. The highest BCUT2D eigenvalue weighted by atomic mass is 127. The lowest BCUT2D eigenvalue weighted by Gasteiger charge is -2.51. The number of halogens is 1. The van der Waals surface area contributed by atoms with Crippen LogP contribution in [0.2, 0.25) is 0 Å². The van der Waals surface area contributed by atoms with Gasteiger partial charge >= 0.3 is 0 Å². The van der Waals surface area contributed by atoms with Crippen molar-refractivity contribution in [3.63, 3.8) is 0 Å². The number of rotatable bonds is 4. The number of piperidine rings is 1. The van der Waals surface area contributed by atoms with E-state index in [9.17, 15) is 0 Å². The topological polar surface area (TPSA) is 9.23 Å². The number of quaternary nitrogens is 2. The summed E-state index contributed by atoms with van der Waals surface area (Å²) in [6.07, 6.45) is 10.3. The fourth-order valence-electron chi connectivity index (χ4n) is 5.91. The first-order valence-corrected chi connectivity index (χ1v) is 11.4. The Bertz CT molecular complexity index is 449. The van der Waals surface area contributed by atoms with Crippen LogP contribution in [0.1, 0.15) is 65.7 Å². The Morgan fingerprint density at radius 1 is 0.815 bits per heavy atom. The van der Waals surface area contributed by atoms with Gasteiger partial charge in [0.1, 0.15) is 13.1 Å². The number of hydrogen-bond donors (Lipinski definition) is 0. The molecule has 0 aromatic rings. The lowest BCUT2D eigenvalue weighted by atomic mass is 9.61. The molecular weight excluding hydrogens is 447 g/mol. The molecule has 2 heterocycles. The smallest absolute Gasteiger partial charge is 0.102 e. The third-order valence-corrected chi connectivity index (χ3v) is 8.58. The first-order valence-electron chi connectivity index (χ1n) is 11.4. The maximum absolute atomic E-state index is 5.55. The van der Waals surface area contributed by atoms with E-state index in [4.69, 9.17) is 4.74 Å². The average Bonchev–Trinajstić information content (AvgIpc) is 2.58. The quantitative estimate of drug-likeness (QED) is 0.424. The zero-order chi connectivity index (χ0) is 18.9. The Morgan fingerprint density at radius 3 is 1.78 bits per heavy atom. The van der Waals surface area contributed by atoms with Gasteiger partial charge in [0.05, 0.1) is 53.5 Å². The maximum atomic E-state index is 5.55. The molecule has 0 bridgehead atoms. The Kier molecular flexibility index (Phi) is 8.12. The third kappa shape index (κ3) is 6.29. The number of likely N-dealkylation sites (N-methyl/N-ethyl adjacent to an activating group) is 1. The van der Waals surface area contributed by atoms with Gasteiger partial charge in [-0.2, -0.15) is 0 Å². The van der Waals surface area contributed by atoms with Crippen LogP contribution in [0.25, 0.3) is 0 Å². The normalized spacial score (nSPS) is 37.0. The van der Waals surface area contributed by atoms with E-state index in [2.05, 4.69) is 34.9 Å². The molecule has 1 spiro atoms. The number of ether oxygens (including phenoxy) is 1. The van der Waals surface area contributed by atoms with Crippen LogP contribution in [-0.2, 0) is 4.74 Å². The molecular formula is C23H46IN2O+. The van der Waals surface area contributed by atoms with Gasteiger partial charge in [0.2, 0.25) is 0 Å². The molecule has 27 heavy (non-hydrogen) atoms. The monoisotopic (exact) mass is 493 g/mol. The number of morpholine rings is 1. The van der Waals surface area contributed by atoms with Gasteiger partial charge in [-0.3, -0.25) is 0 Å². The predicted molar refractivity (Wildman–Crippen MR) is 110 cm³/mol. The molecule has 0 N–H and O–H groups in total. The van der Waals surface area contributed by atoms with Crippen LogP contribution in [0, 0.1) is 16.7 Å². The van der Waals surface area contributed by atoms with E-state index in [1.807, 2.05) is 0 Å². The second-order valence-electron chi connectivity index (χ2n) is 11.7. The van der Waals surface area contributed by atoms with E-state index in [1.165, 1.54) is 93.2 Å². The van der Waals surface area contributed by atoms with Crippen LogP contribution in [0.5, 0.6) is 0 Å². The Balaban J connectivity index is 0.00000261. The van der Waals surface area contributed by atoms with Crippen molar-refractivity contribution < 1.29 is 37.7 Å². The average molecular weight is 494 g/mol. The van der Waals surface area contributed by atoms with Crippen molar-refractivity contribution in [1.82, 2.24) is 0 Å². The summed E-state index contributed by atoms with van der Waals surface area (Å²) in [5, 5.41) is 0. The molecule has 0 amide bonds. The van der Waals surface area contributed by atoms with E-state index in [0.29, 0.717) is 10.8 Å². The number of hydrogen-bond acceptors (Lipinski definition) is 1. The van der Waals surface area contributed by atoms with E-state index >= 15 is 0 Å². The minimum Gasteiger partial charge on any atom is -1.00 e. The van der Waals surface area contributed by atoms with Gasteiger partial charge < -0.3 is 37.7 Å². The molecule has 0 aromatic carbocycles. The molecule has 0 unspecified atom stereocenters. The minimum absolute atomic E-state index is 0. The van der Waals surface area contributed by atoms with Crippen molar-refractivity contribution in [1.29, 1.82) is 0 Å². The van der Waals surface area contributed by atoms with Gasteiger partial charge in [-0.25, -0.2) is 0 Å². The van der Waals surface area contributed by atoms with Crippen LogP contribution >= 0.6 is 0 Å². The van der Waals surface area contributed by atoms with Crippen LogP contribution < -0.4 is 24.0 Å². The zero-order valence-electron chi connectivity index (χ0n) is 18.9. The molecule has 1 saturated carbocycles. The molecule has 4 heteroatoms. The zero-order valence-corrected chi connectivity index (χ0v) is 21.0. The first kappa shape index (κ1) is 23.9. The van der Waals surface area contributed by atoms with E-state index in [0.717, 1.165) is 19.1 Å². The highest BCUT2D eigenvalue weighted by Gasteiger charge is 2.44. The third-order valence-electron chi connectivity index (χ3n) is 8.58. The highest BCUT2D eigenvalue weighted by molar-refractivity contribution is 4.90. The molecule has 0 radical (unpaired) electrons. The standard InChI is InChI=1S/C23H46N2O.HI/c1-22(2,3)21-7-9-23(10-8-21)11-15-24(4,16-12-23)13-6-14-25(5)17-19-26-20-18-25;/h21H,6-20H2,1-5H3;1H/q+2;/p-1. The van der Waals surface area contributed by atoms with E-state index < -0.39 is 0 Å². The number of nitrogens with zero attached hydrogens (tertiary/aromatic N) is 2. The molecule has 0 aromatic heterocycles. The highest BCUT2D eigenvalue weighted by Crippen LogP contribution is 2.50. The summed E-state index contributed by atoms with van der Waals surface area (Å²) < 4.78 is 8.12. The maximum Gasteiger partial charge on any atom is 0.102 e. The van der Waals surface area contributed by atoms with Crippen LogP contribution in [0.4, 0.5) is 0 Å². The molecule has 0 atom stereocenters. The van der Waals surface area contributed by atoms with Gasteiger partial charge in [-0.1, -0.05) is 20.8 Å². The van der Waals surface area contributed by atoms with Gasteiger partial charge in [0.25, 0.3) is 0 Å². The summed E-state index contributed by atoms with van der Waals surface area (Å²) >= 11 is 0. The lowest BCUT2D eigenvalue weighted by Crippen LogP contribution is -3.00. The fourth-order valence-corrected chi connectivity index (χ4v) is 5.91. The van der Waals surface area contributed by atoms with Gasteiger partial charge in [-0.05, 0) is 42.4 Å². The molecule has 3 nitrogen and oxygen atoms in total. The van der Waals surface area contributed by atoms with Crippen LogP contribution in [0.3, 0.4) is 0 Å². The first-order chi connectivity index (χ1) is 12.1. The molecule has 3 fully saturated rings. The van der Waals surface area contributed by atoms with Gasteiger partial charge in [0.15, 0.2) is 0 Å². The van der Waals surface area contributed by atoms with Crippen LogP contribution in [0.15, 0.2) is 0 Å². The Labute approximate surface area is 186 Å². The molecule has 3 aliphatic rings. The fraction of sp³-hybridized carbons (Fsp3) is 1.00. The van der Waals surface area contributed by atoms with Crippen molar-refractivity contribution in [2.24, 2.45) is 16.7 Å². The molecule has 3 rings (SSSR count). The van der Waals surface area contributed by atoms with Crippen molar-refractivity contribution in [2.75, 3.05) is 66.6 Å². The second kappa shape index (κ2) is 9.18. The van der Waals surface area contributed by atoms with Crippen molar-refractivity contribution in [3.8, 4) is 0 Å². The molecule has 2 aliphatic heterocycles. The Morgan fingerprint density at radius 2 is 1.30 bits per heavy atom. The van der Waals surface area contributed by atoms with Crippen molar-refractivity contribution in [2.45, 2.75) is 65.7 Å². The Hall–Kier alpha value is 0.610. The van der Waals surface area contributed by atoms with Crippen molar-refractivity contribution in [3.05, 3.63) is 0 Å². The largest absolute Gasteiger partial charge is 1.00 e. The van der Waals surface area contributed by atoms with E-state index in [1.54, 1.807) is 0 Å².